The van der Waals surface area contributed by atoms with Crippen LogP contribution in [0.1, 0.15) is 47.1 Å². The van der Waals surface area contributed by atoms with Crippen molar-refractivity contribution in [3.05, 3.63) is 137 Å². The molecule has 1 aliphatic rings. The molecule has 1 fully saturated rings. The van der Waals surface area contributed by atoms with Crippen molar-refractivity contribution < 1.29 is 19.4 Å². The molecule has 0 radical (unpaired) electrons. The van der Waals surface area contributed by atoms with Crippen molar-refractivity contribution in [2.45, 2.75) is 50.3 Å². The maximum absolute atomic E-state index is 12.4. The summed E-state index contributed by atoms with van der Waals surface area (Å²) in [5.74, 6) is 0.746. The van der Waals surface area contributed by atoms with Crippen molar-refractivity contribution in [3.63, 3.8) is 0 Å². The van der Waals surface area contributed by atoms with Crippen LogP contribution in [0, 0.1) is 5.92 Å². The Morgan fingerprint density at radius 3 is 2.26 bits per heavy atom. The lowest BCUT2D eigenvalue weighted by molar-refractivity contribution is -0.268. The second-order valence-corrected chi connectivity index (χ2v) is 12.7. The van der Waals surface area contributed by atoms with Crippen molar-refractivity contribution in [3.8, 4) is 11.1 Å². The summed E-state index contributed by atoms with van der Waals surface area (Å²) in [7, 11) is 1.93. The molecule has 0 unspecified atom stereocenters. The van der Waals surface area contributed by atoms with Gasteiger partial charge in [-0.2, -0.15) is 0 Å². The van der Waals surface area contributed by atoms with Crippen LogP contribution in [0.4, 0.5) is 4.79 Å². The SMILES string of the molecule is C[C@H]1[C@@H](CSc2nncn2C)O[C@@H](c2cccc(-c3cccc(CNC(=O)NCc4ccccc4)c3)c2)O[C@H]1c1ccc(CO)cc1. The number of urea groups is 1. The molecule has 9 nitrogen and oxygen atoms in total. The Morgan fingerprint density at radius 2 is 1.53 bits per heavy atom. The number of nitrogens with one attached hydrogen (secondary N) is 2. The minimum atomic E-state index is -0.586. The first kappa shape index (κ1) is 32.5. The van der Waals surface area contributed by atoms with Crippen LogP contribution in [-0.4, -0.2) is 37.8 Å². The number of benzene rings is 4. The number of ether oxygens (including phenoxy) is 2. The molecular formula is C37H39N5O4S. The van der Waals surface area contributed by atoms with Gasteiger partial charge in [0.15, 0.2) is 11.4 Å². The summed E-state index contributed by atoms with van der Waals surface area (Å²) < 4.78 is 15.3. The van der Waals surface area contributed by atoms with Crippen LogP contribution in [-0.2, 0) is 36.2 Å². The number of carbonyl (C=O) groups excluding carboxylic acids is 1. The minimum Gasteiger partial charge on any atom is -0.392 e. The summed E-state index contributed by atoms with van der Waals surface area (Å²) in [6.07, 6.45) is 0.779. The number of aromatic nitrogens is 3. The van der Waals surface area contributed by atoms with Gasteiger partial charge in [0, 0.05) is 37.4 Å². The van der Waals surface area contributed by atoms with E-state index in [9.17, 15) is 9.90 Å². The molecule has 4 aromatic carbocycles. The number of nitrogens with zero attached hydrogens (tertiary/aromatic N) is 3. The minimum absolute atomic E-state index is 0.00440. The average Bonchev–Trinajstić information content (AvgIpc) is 3.54. The van der Waals surface area contributed by atoms with E-state index in [4.69, 9.17) is 9.47 Å². The van der Waals surface area contributed by atoms with Gasteiger partial charge in [-0.25, -0.2) is 4.79 Å². The number of aliphatic hydroxyl groups excluding tert-OH is 1. The zero-order valence-electron chi connectivity index (χ0n) is 26.5. The van der Waals surface area contributed by atoms with Gasteiger partial charge >= 0.3 is 6.03 Å². The Labute approximate surface area is 279 Å². The van der Waals surface area contributed by atoms with Gasteiger partial charge in [-0.3, -0.25) is 0 Å². The topological polar surface area (TPSA) is 111 Å². The number of hydrogen-bond acceptors (Lipinski definition) is 7. The first-order valence-corrected chi connectivity index (χ1v) is 16.7. The normalized spacial score (nSPS) is 19.3. The van der Waals surface area contributed by atoms with E-state index < -0.39 is 6.29 Å². The Kier molecular flexibility index (Phi) is 10.6. The largest absolute Gasteiger partial charge is 0.392 e. The molecule has 5 aromatic rings. The Morgan fingerprint density at radius 1 is 0.830 bits per heavy atom. The highest BCUT2D eigenvalue weighted by molar-refractivity contribution is 7.99. The zero-order valence-corrected chi connectivity index (χ0v) is 27.3. The van der Waals surface area contributed by atoms with Crippen molar-refractivity contribution >= 4 is 17.8 Å². The number of hydrogen-bond donors (Lipinski definition) is 3. The van der Waals surface area contributed by atoms with Crippen molar-refractivity contribution in [1.82, 2.24) is 25.4 Å². The summed E-state index contributed by atoms with van der Waals surface area (Å²) in [4.78, 5) is 12.4. The molecule has 3 N–H and O–H groups in total. The number of thioether (sulfide) groups is 1. The molecule has 242 valence electrons. The second kappa shape index (κ2) is 15.4. The van der Waals surface area contributed by atoms with Crippen molar-refractivity contribution in [1.29, 1.82) is 0 Å². The molecule has 0 aliphatic carbocycles. The number of rotatable bonds is 11. The number of amides is 2. The molecule has 0 bridgehead atoms. The van der Waals surface area contributed by atoms with E-state index in [1.807, 2.05) is 90.5 Å². The van der Waals surface area contributed by atoms with Crippen LogP contribution in [0.25, 0.3) is 11.1 Å². The summed E-state index contributed by atoms with van der Waals surface area (Å²) >= 11 is 1.62. The lowest BCUT2D eigenvalue weighted by atomic mass is 9.91. The summed E-state index contributed by atoms with van der Waals surface area (Å²) in [6, 6.07) is 33.9. The summed E-state index contributed by atoms with van der Waals surface area (Å²) in [6.45, 7) is 3.02. The molecule has 4 atom stereocenters. The highest BCUT2D eigenvalue weighted by Gasteiger charge is 2.38. The van der Waals surface area contributed by atoms with E-state index in [2.05, 4.69) is 52.0 Å². The second-order valence-electron chi connectivity index (χ2n) is 11.7. The van der Waals surface area contributed by atoms with Gasteiger partial charge < -0.3 is 29.8 Å². The molecule has 2 heterocycles. The molecule has 1 saturated heterocycles. The fourth-order valence-electron chi connectivity index (χ4n) is 5.62. The number of aliphatic hydroxyl groups is 1. The van der Waals surface area contributed by atoms with E-state index in [0.717, 1.165) is 44.1 Å². The van der Waals surface area contributed by atoms with Gasteiger partial charge in [0.2, 0.25) is 0 Å². The first-order chi connectivity index (χ1) is 23.0. The monoisotopic (exact) mass is 649 g/mol. The Balaban J connectivity index is 1.17. The fraction of sp³-hybridized carbons (Fsp3) is 0.270. The Hall–Kier alpha value is -4.48. The molecule has 0 saturated carbocycles. The van der Waals surface area contributed by atoms with E-state index in [0.29, 0.717) is 18.8 Å². The van der Waals surface area contributed by atoms with E-state index >= 15 is 0 Å². The lowest BCUT2D eigenvalue weighted by Gasteiger charge is -2.41. The molecule has 1 aromatic heterocycles. The molecular weight excluding hydrogens is 611 g/mol. The maximum atomic E-state index is 12.4. The lowest BCUT2D eigenvalue weighted by Crippen LogP contribution is -2.38. The van der Waals surface area contributed by atoms with Crippen LogP contribution in [0.15, 0.2) is 115 Å². The maximum Gasteiger partial charge on any atom is 0.315 e. The highest BCUT2D eigenvalue weighted by Crippen LogP contribution is 2.43. The third-order valence-electron chi connectivity index (χ3n) is 8.34. The standard InChI is InChI=1S/C37H39N5O4S/c1-25-33(23-47-37-41-40-24-42(37)2)45-35(46-34(25)29-16-14-27(22-43)15-17-29)32-13-7-12-31(19-32)30-11-6-10-28(18-30)21-39-36(44)38-20-26-8-4-3-5-9-26/h3-19,24-25,33-35,43H,20-23H2,1-2H3,(H2,38,39,44)/t25-,33+,34+,35+/m0/s1. The van der Waals surface area contributed by atoms with Gasteiger partial charge in [0.1, 0.15) is 6.33 Å². The summed E-state index contributed by atoms with van der Waals surface area (Å²) in [5.41, 5.74) is 6.92. The van der Waals surface area contributed by atoms with Crippen LogP contribution in [0.2, 0.25) is 0 Å². The molecule has 6 rings (SSSR count). The third kappa shape index (κ3) is 8.28. The first-order valence-electron chi connectivity index (χ1n) is 15.7. The quantitative estimate of drug-likeness (QED) is 0.139. The van der Waals surface area contributed by atoms with Gasteiger partial charge in [-0.15, -0.1) is 10.2 Å². The smallest absolute Gasteiger partial charge is 0.315 e. The predicted octanol–water partition coefficient (Wildman–Crippen LogP) is 6.56. The van der Waals surface area contributed by atoms with Crippen LogP contribution in [0.3, 0.4) is 0 Å². The highest BCUT2D eigenvalue weighted by atomic mass is 32.2. The molecule has 47 heavy (non-hydrogen) atoms. The van der Waals surface area contributed by atoms with Gasteiger partial charge in [0.25, 0.3) is 0 Å². The van der Waals surface area contributed by atoms with E-state index in [1.165, 1.54) is 0 Å². The molecule has 0 spiro atoms. The van der Waals surface area contributed by atoms with Gasteiger partial charge in [0.05, 0.1) is 18.8 Å². The van der Waals surface area contributed by atoms with E-state index in [-0.39, 0.29) is 30.8 Å². The third-order valence-corrected chi connectivity index (χ3v) is 9.46. The van der Waals surface area contributed by atoms with Crippen molar-refractivity contribution in [2.24, 2.45) is 13.0 Å². The molecule has 10 heteroatoms. The van der Waals surface area contributed by atoms with Crippen LogP contribution < -0.4 is 10.6 Å². The van der Waals surface area contributed by atoms with Crippen LogP contribution in [0.5, 0.6) is 0 Å². The number of carbonyl (C=O) groups is 1. The molecule has 1 aliphatic heterocycles. The summed E-state index contributed by atoms with van der Waals surface area (Å²) in [5, 5.41) is 24.5. The average molecular weight is 650 g/mol. The fourth-order valence-corrected chi connectivity index (χ4v) is 6.67. The number of aryl methyl sites for hydroxylation is 1. The van der Waals surface area contributed by atoms with Gasteiger partial charge in [-0.1, -0.05) is 110 Å². The van der Waals surface area contributed by atoms with Gasteiger partial charge in [-0.05, 0) is 45.5 Å². The predicted molar refractivity (Wildman–Crippen MR) is 182 cm³/mol. The van der Waals surface area contributed by atoms with Crippen molar-refractivity contribution in [2.75, 3.05) is 5.75 Å². The van der Waals surface area contributed by atoms with Crippen LogP contribution >= 0.6 is 11.8 Å². The zero-order chi connectivity index (χ0) is 32.6. The molecule has 2 amide bonds. The van der Waals surface area contributed by atoms with E-state index in [1.54, 1.807) is 18.1 Å². The Bertz CT molecular complexity index is 1760.